The van der Waals surface area contributed by atoms with E-state index in [1.54, 1.807) is 13.8 Å². The Labute approximate surface area is 141 Å². The van der Waals surface area contributed by atoms with Crippen molar-refractivity contribution in [3.05, 3.63) is 11.1 Å². The fourth-order valence-electron chi connectivity index (χ4n) is 2.45. The van der Waals surface area contributed by atoms with Gasteiger partial charge in [0.05, 0.1) is 13.2 Å². The van der Waals surface area contributed by atoms with E-state index in [2.05, 4.69) is 13.8 Å². The normalized spacial score (nSPS) is 11.8. The maximum Gasteiger partial charge on any atom is 0.334 e. The van der Waals surface area contributed by atoms with Crippen LogP contribution in [0.15, 0.2) is 11.1 Å². The number of unbranched alkanes of at least 4 members (excludes halogenated alkanes) is 5. The first kappa shape index (κ1) is 21.7. The summed E-state index contributed by atoms with van der Waals surface area (Å²) in [6.07, 6.45) is 8.55. The van der Waals surface area contributed by atoms with Crippen molar-refractivity contribution in [2.75, 3.05) is 13.2 Å². The van der Waals surface area contributed by atoms with Crippen LogP contribution in [0.3, 0.4) is 0 Å². The third-order valence-electron chi connectivity index (χ3n) is 3.72. The zero-order chi connectivity index (χ0) is 17.5. The van der Waals surface area contributed by atoms with E-state index >= 15 is 0 Å². The SMILES string of the molecule is CCCCCCC/C(C(=O)OCC)=C(\CCCC)C(=O)OCC. The van der Waals surface area contributed by atoms with Gasteiger partial charge in [-0.2, -0.15) is 0 Å². The molecular weight excluding hydrogens is 292 g/mol. The van der Waals surface area contributed by atoms with E-state index in [0.717, 1.165) is 32.1 Å². The lowest BCUT2D eigenvalue weighted by Gasteiger charge is -2.14. The van der Waals surface area contributed by atoms with Gasteiger partial charge in [-0.1, -0.05) is 46.0 Å². The average molecular weight is 326 g/mol. The van der Waals surface area contributed by atoms with Gasteiger partial charge >= 0.3 is 11.9 Å². The van der Waals surface area contributed by atoms with Gasteiger partial charge in [0, 0.05) is 11.1 Å². The van der Waals surface area contributed by atoms with Gasteiger partial charge in [0.25, 0.3) is 0 Å². The van der Waals surface area contributed by atoms with Gasteiger partial charge < -0.3 is 9.47 Å². The molecule has 0 aliphatic heterocycles. The highest BCUT2D eigenvalue weighted by molar-refractivity contribution is 6.00. The molecule has 0 aliphatic carbocycles. The van der Waals surface area contributed by atoms with Crippen molar-refractivity contribution in [2.24, 2.45) is 0 Å². The molecule has 0 fully saturated rings. The molecule has 0 heterocycles. The Morgan fingerprint density at radius 3 is 1.48 bits per heavy atom. The van der Waals surface area contributed by atoms with Crippen molar-refractivity contribution in [2.45, 2.75) is 85.5 Å². The van der Waals surface area contributed by atoms with E-state index in [-0.39, 0.29) is 11.9 Å². The Balaban J connectivity index is 5.14. The zero-order valence-corrected chi connectivity index (χ0v) is 15.4. The topological polar surface area (TPSA) is 52.6 Å². The molecule has 4 nitrogen and oxygen atoms in total. The number of ether oxygens (including phenoxy) is 2. The molecule has 0 saturated heterocycles. The molecule has 4 heteroatoms. The van der Waals surface area contributed by atoms with Gasteiger partial charge in [-0.05, 0) is 39.5 Å². The first-order chi connectivity index (χ1) is 11.1. The molecule has 0 amide bonds. The summed E-state index contributed by atoms with van der Waals surface area (Å²) in [4.78, 5) is 24.5. The Bertz CT molecular complexity index is 372. The van der Waals surface area contributed by atoms with Gasteiger partial charge in [-0.3, -0.25) is 0 Å². The second kappa shape index (κ2) is 14.3. The molecular formula is C19H34O4. The largest absolute Gasteiger partial charge is 0.463 e. The smallest absolute Gasteiger partial charge is 0.334 e. The molecule has 134 valence electrons. The van der Waals surface area contributed by atoms with E-state index in [0.29, 0.717) is 37.2 Å². The van der Waals surface area contributed by atoms with E-state index in [1.807, 2.05) is 0 Å². The Kier molecular flexibility index (Phi) is 13.5. The van der Waals surface area contributed by atoms with Crippen molar-refractivity contribution in [1.29, 1.82) is 0 Å². The van der Waals surface area contributed by atoms with Crippen LogP contribution in [-0.4, -0.2) is 25.2 Å². The summed E-state index contributed by atoms with van der Waals surface area (Å²) in [5, 5.41) is 0. The number of esters is 2. The minimum atomic E-state index is -0.363. The van der Waals surface area contributed by atoms with Crippen LogP contribution < -0.4 is 0 Å². The molecule has 0 spiro atoms. The second-order valence-corrected chi connectivity index (χ2v) is 5.67. The molecule has 0 aromatic rings. The molecule has 0 N–H and O–H groups in total. The van der Waals surface area contributed by atoms with E-state index in [9.17, 15) is 9.59 Å². The Morgan fingerprint density at radius 1 is 0.609 bits per heavy atom. The third kappa shape index (κ3) is 9.42. The summed E-state index contributed by atoms with van der Waals surface area (Å²) < 4.78 is 10.3. The van der Waals surface area contributed by atoms with Crippen molar-refractivity contribution in [3.63, 3.8) is 0 Å². The Morgan fingerprint density at radius 2 is 1.04 bits per heavy atom. The predicted molar refractivity (Wildman–Crippen MR) is 93.2 cm³/mol. The van der Waals surface area contributed by atoms with Crippen LogP contribution in [0.4, 0.5) is 0 Å². The maximum atomic E-state index is 12.3. The molecule has 0 atom stereocenters. The molecule has 0 aliphatic rings. The molecule has 0 rings (SSSR count). The minimum absolute atomic E-state index is 0.320. The first-order valence-electron chi connectivity index (χ1n) is 9.18. The highest BCUT2D eigenvalue weighted by atomic mass is 16.5. The summed E-state index contributed by atoms with van der Waals surface area (Å²) in [5.74, 6) is -0.722. The van der Waals surface area contributed by atoms with Crippen molar-refractivity contribution in [1.82, 2.24) is 0 Å². The molecule has 0 bridgehead atoms. The van der Waals surface area contributed by atoms with Gasteiger partial charge in [0.2, 0.25) is 0 Å². The highest BCUT2D eigenvalue weighted by Gasteiger charge is 2.22. The lowest BCUT2D eigenvalue weighted by Crippen LogP contribution is -2.17. The van der Waals surface area contributed by atoms with Gasteiger partial charge in [0.1, 0.15) is 0 Å². The highest BCUT2D eigenvalue weighted by Crippen LogP contribution is 2.22. The predicted octanol–water partition coefficient (Wildman–Crippen LogP) is 4.96. The fraction of sp³-hybridized carbons (Fsp3) is 0.789. The zero-order valence-electron chi connectivity index (χ0n) is 15.4. The van der Waals surface area contributed by atoms with Crippen LogP contribution in [0.2, 0.25) is 0 Å². The van der Waals surface area contributed by atoms with Crippen LogP contribution in [0.1, 0.15) is 85.5 Å². The quantitative estimate of drug-likeness (QED) is 0.273. The minimum Gasteiger partial charge on any atom is -0.463 e. The van der Waals surface area contributed by atoms with Crippen LogP contribution in [0.5, 0.6) is 0 Å². The van der Waals surface area contributed by atoms with Crippen LogP contribution in [0, 0.1) is 0 Å². The average Bonchev–Trinajstić information content (AvgIpc) is 2.53. The summed E-state index contributed by atoms with van der Waals surface area (Å²) in [6.45, 7) is 8.45. The van der Waals surface area contributed by atoms with E-state index < -0.39 is 0 Å². The summed E-state index contributed by atoms with van der Waals surface area (Å²) in [5.41, 5.74) is 1.04. The third-order valence-corrected chi connectivity index (χ3v) is 3.72. The van der Waals surface area contributed by atoms with Crippen LogP contribution in [0.25, 0.3) is 0 Å². The Hall–Kier alpha value is -1.32. The van der Waals surface area contributed by atoms with Crippen LogP contribution in [-0.2, 0) is 19.1 Å². The molecule has 0 saturated carbocycles. The number of hydrogen-bond acceptors (Lipinski definition) is 4. The standard InChI is InChI=1S/C19H34O4/c1-5-9-11-12-13-15-17(19(21)23-8-4)16(14-10-6-2)18(20)22-7-3/h5-15H2,1-4H3/b17-16-. The fourth-order valence-corrected chi connectivity index (χ4v) is 2.45. The molecule has 0 unspecified atom stereocenters. The monoisotopic (exact) mass is 326 g/mol. The first-order valence-corrected chi connectivity index (χ1v) is 9.18. The maximum absolute atomic E-state index is 12.3. The lowest BCUT2D eigenvalue weighted by molar-refractivity contribution is -0.142. The molecule has 0 radical (unpaired) electrons. The summed E-state index contributed by atoms with van der Waals surface area (Å²) >= 11 is 0. The summed E-state index contributed by atoms with van der Waals surface area (Å²) in [7, 11) is 0. The van der Waals surface area contributed by atoms with Crippen molar-refractivity contribution >= 4 is 11.9 Å². The number of carbonyl (C=O) groups is 2. The molecule has 0 aromatic carbocycles. The van der Waals surface area contributed by atoms with Gasteiger partial charge in [-0.15, -0.1) is 0 Å². The molecule has 0 aromatic heterocycles. The van der Waals surface area contributed by atoms with Gasteiger partial charge in [-0.25, -0.2) is 9.59 Å². The van der Waals surface area contributed by atoms with Crippen molar-refractivity contribution < 1.29 is 19.1 Å². The van der Waals surface area contributed by atoms with Crippen molar-refractivity contribution in [3.8, 4) is 0 Å². The molecule has 23 heavy (non-hydrogen) atoms. The lowest BCUT2D eigenvalue weighted by atomic mass is 9.97. The summed E-state index contributed by atoms with van der Waals surface area (Å²) in [6, 6.07) is 0. The van der Waals surface area contributed by atoms with Gasteiger partial charge in [0.15, 0.2) is 0 Å². The second-order valence-electron chi connectivity index (χ2n) is 5.67. The van der Waals surface area contributed by atoms with E-state index in [4.69, 9.17) is 9.47 Å². The van der Waals surface area contributed by atoms with Crippen LogP contribution >= 0.6 is 0 Å². The van der Waals surface area contributed by atoms with E-state index in [1.165, 1.54) is 12.8 Å². The number of hydrogen-bond donors (Lipinski definition) is 0. The number of rotatable bonds is 13. The number of carbonyl (C=O) groups excluding carboxylic acids is 2.